The van der Waals surface area contributed by atoms with Crippen LogP contribution in [-0.2, 0) is 6.54 Å². The van der Waals surface area contributed by atoms with Gasteiger partial charge >= 0.3 is 0 Å². The maximum absolute atomic E-state index is 13.0. The van der Waals surface area contributed by atoms with Crippen molar-refractivity contribution < 1.29 is 4.79 Å². The molecule has 0 saturated carbocycles. The highest BCUT2D eigenvalue weighted by Gasteiger charge is 2.24. The van der Waals surface area contributed by atoms with E-state index in [9.17, 15) is 4.79 Å². The molecule has 7 heteroatoms. The summed E-state index contributed by atoms with van der Waals surface area (Å²) in [5, 5.41) is 3.87. The van der Waals surface area contributed by atoms with E-state index in [2.05, 4.69) is 10.3 Å². The molecule has 1 aliphatic heterocycles. The van der Waals surface area contributed by atoms with Gasteiger partial charge < -0.3 is 10.2 Å². The van der Waals surface area contributed by atoms with Crippen LogP contribution in [-0.4, -0.2) is 35.4 Å². The number of nitrogens with zero attached hydrogens (tertiary/aromatic N) is 2. The van der Waals surface area contributed by atoms with E-state index in [1.54, 1.807) is 23.5 Å². The summed E-state index contributed by atoms with van der Waals surface area (Å²) in [6.07, 6.45) is 1.11. The second kappa shape index (κ2) is 8.81. The van der Waals surface area contributed by atoms with Crippen LogP contribution in [0.5, 0.6) is 0 Å². The van der Waals surface area contributed by atoms with Gasteiger partial charge in [-0.25, -0.2) is 4.98 Å². The Kier molecular flexibility index (Phi) is 7.04. The van der Waals surface area contributed by atoms with Crippen molar-refractivity contribution in [3.63, 3.8) is 0 Å². The van der Waals surface area contributed by atoms with Gasteiger partial charge in [0.2, 0.25) is 0 Å². The largest absolute Gasteiger partial charge is 0.333 e. The Balaban J connectivity index is 0.00000208. The van der Waals surface area contributed by atoms with Gasteiger partial charge in [-0.15, -0.1) is 23.7 Å². The zero-order valence-corrected chi connectivity index (χ0v) is 15.9. The quantitative estimate of drug-likeness (QED) is 0.851. The van der Waals surface area contributed by atoms with Crippen LogP contribution in [0.4, 0.5) is 0 Å². The first kappa shape index (κ1) is 19.2. The Hall–Kier alpha value is -1.14. The predicted molar refractivity (Wildman–Crippen MR) is 101 cm³/mol. The summed E-state index contributed by atoms with van der Waals surface area (Å²) in [6, 6.07) is 7.26. The Morgan fingerprint density at radius 2 is 2.25 bits per heavy atom. The smallest absolute Gasteiger partial charge is 0.255 e. The van der Waals surface area contributed by atoms with Crippen molar-refractivity contribution in [2.45, 2.75) is 19.9 Å². The van der Waals surface area contributed by atoms with Gasteiger partial charge in [-0.2, -0.15) is 0 Å². The Morgan fingerprint density at radius 1 is 1.46 bits per heavy atom. The van der Waals surface area contributed by atoms with Gasteiger partial charge in [0, 0.05) is 11.4 Å². The number of rotatable bonds is 5. The summed E-state index contributed by atoms with van der Waals surface area (Å²) >= 11 is 7.82. The maximum Gasteiger partial charge on any atom is 0.255 e. The minimum absolute atomic E-state index is 0. The molecule has 0 spiro atoms. The lowest BCUT2D eigenvalue weighted by molar-refractivity contribution is 0.0720. The molecule has 0 bridgehead atoms. The molecule has 1 atom stereocenters. The fourth-order valence-corrected chi connectivity index (χ4v) is 3.87. The van der Waals surface area contributed by atoms with Crippen LogP contribution in [0.2, 0.25) is 5.02 Å². The van der Waals surface area contributed by atoms with Crippen molar-refractivity contribution in [3.05, 3.63) is 50.9 Å². The molecule has 1 amide bonds. The number of carbonyl (C=O) groups excluding carboxylic acids is 1. The van der Waals surface area contributed by atoms with E-state index in [-0.39, 0.29) is 18.3 Å². The Labute approximate surface area is 157 Å². The summed E-state index contributed by atoms with van der Waals surface area (Å²) in [5.41, 5.74) is 3.40. The van der Waals surface area contributed by atoms with Crippen LogP contribution in [0.15, 0.2) is 29.8 Å². The third-order valence-electron chi connectivity index (χ3n) is 4.21. The summed E-state index contributed by atoms with van der Waals surface area (Å²) < 4.78 is 0. The molecule has 1 aliphatic rings. The lowest BCUT2D eigenvalue weighted by Gasteiger charge is -2.25. The molecule has 1 aromatic heterocycles. The summed E-state index contributed by atoms with van der Waals surface area (Å²) in [5.74, 6) is 0.491. The van der Waals surface area contributed by atoms with Crippen molar-refractivity contribution >= 4 is 41.3 Å². The molecule has 1 N–H and O–H groups in total. The molecule has 1 aromatic carbocycles. The average molecular weight is 386 g/mol. The standard InChI is InChI=1S/C17H20ClN3OS.ClH/c1-12-16(23-11-20-12)10-21(9-13-6-7-19-8-13)17(22)14-4-2-3-5-15(14)18;/h2-5,11,13,19H,6-10H2,1H3;1H. The van der Waals surface area contributed by atoms with Crippen LogP contribution in [0.1, 0.15) is 27.3 Å². The van der Waals surface area contributed by atoms with Crippen molar-refractivity contribution in [1.82, 2.24) is 15.2 Å². The molecule has 130 valence electrons. The van der Waals surface area contributed by atoms with Crippen LogP contribution in [0.3, 0.4) is 0 Å². The molecule has 1 unspecified atom stereocenters. The van der Waals surface area contributed by atoms with Crippen LogP contribution >= 0.6 is 35.3 Å². The summed E-state index contributed by atoms with van der Waals surface area (Å²) in [4.78, 5) is 20.3. The van der Waals surface area contributed by atoms with Crippen molar-refractivity contribution in [2.75, 3.05) is 19.6 Å². The van der Waals surface area contributed by atoms with Crippen LogP contribution < -0.4 is 5.32 Å². The average Bonchev–Trinajstić information content (AvgIpc) is 3.19. The van der Waals surface area contributed by atoms with Crippen molar-refractivity contribution in [3.8, 4) is 0 Å². The fourth-order valence-electron chi connectivity index (χ4n) is 2.86. The van der Waals surface area contributed by atoms with Crippen molar-refractivity contribution in [2.24, 2.45) is 5.92 Å². The van der Waals surface area contributed by atoms with Gasteiger partial charge in [-0.1, -0.05) is 23.7 Å². The first-order valence-electron chi connectivity index (χ1n) is 7.78. The molecule has 24 heavy (non-hydrogen) atoms. The third-order valence-corrected chi connectivity index (χ3v) is 5.46. The van der Waals surface area contributed by atoms with E-state index in [1.165, 1.54) is 0 Å². The van der Waals surface area contributed by atoms with Gasteiger partial charge in [-0.3, -0.25) is 4.79 Å². The number of aryl methyl sites for hydroxylation is 1. The fraction of sp³-hybridized carbons (Fsp3) is 0.412. The van der Waals surface area contributed by atoms with E-state index in [4.69, 9.17) is 11.6 Å². The van der Waals surface area contributed by atoms with Gasteiger partial charge in [0.25, 0.3) is 5.91 Å². The lowest BCUT2D eigenvalue weighted by atomic mass is 10.1. The highest BCUT2D eigenvalue weighted by Crippen LogP contribution is 2.22. The second-order valence-corrected chi connectivity index (χ2v) is 7.23. The highest BCUT2D eigenvalue weighted by atomic mass is 35.5. The number of benzene rings is 1. The molecule has 0 radical (unpaired) electrons. The number of amides is 1. The second-order valence-electron chi connectivity index (χ2n) is 5.89. The zero-order chi connectivity index (χ0) is 16.2. The van der Waals surface area contributed by atoms with Gasteiger partial charge in [0.1, 0.15) is 0 Å². The number of aromatic nitrogens is 1. The molecule has 0 aliphatic carbocycles. The molecule has 2 aromatic rings. The van der Waals surface area contributed by atoms with E-state index < -0.39 is 0 Å². The minimum Gasteiger partial charge on any atom is -0.333 e. The monoisotopic (exact) mass is 385 g/mol. The number of hydrogen-bond donors (Lipinski definition) is 1. The third kappa shape index (κ3) is 4.48. The van der Waals surface area contributed by atoms with Gasteiger partial charge in [-0.05, 0) is 44.5 Å². The molecular formula is C17H21Cl2N3OS. The molecular weight excluding hydrogens is 365 g/mol. The number of nitrogens with one attached hydrogen (secondary N) is 1. The van der Waals surface area contributed by atoms with E-state index in [0.29, 0.717) is 23.0 Å². The SMILES string of the molecule is Cc1ncsc1CN(CC1CCNC1)C(=O)c1ccccc1Cl.Cl. The first-order valence-corrected chi connectivity index (χ1v) is 9.04. The van der Waals surface area contributed by atoms with Crippen molar-refractivity contribution in [1.29, 1.82) is 0 Å². The number of hydrogen-bond acceptors (Lipinski definition) is 4. The molecule has 4 nitrogen and oxygen atoms in total. The first-order chi connectivity index (χ1) is 11.1. The number of thiazole rings is 1. The molecule has 3 rings (SSSR count). The maximum atomic E-state index is 13.0. The Morgan fingerprint density at radius 3 is 2.88 bits per heavy atom. The predicted octanol–water partition coefficient (Wildman–Crippen LogP) is 3.78. The summed E-state index contributed by atoms with van der Waals surface area (Å²) in [6.45, 7) is 5.32. The topological polar surface area (TPSA) is 45.2 Å². The minimum atomic E-state index is -0.00435. The Bertz CT molecular complexity index is 686. The highest BCUT2D eigenvalue weighted by molar-refractivity contribution is 7.09. The van der Waals surface area contributed by atoms with Gasteiger partial charge in [0.05, 0.1) is 28.3 Å². The van der Waals surface area contributed by atoms with Crippen LogP contribution in [0, 0.1) is 12.8 Å². The summed E-state index contributed by atoms with van der Waals surface area (Å²) in [7, 11) is 0. The van der Waals surface area contributed by atoms with Crippen LogP contribution in [0.25, 0.3) is 0 Å². The number of halogens is 2. The normalized spacial score (nSPS) is 16.7. The van der Waals surface area contributed by atoms with E-state index >= 15 is 0 Å². The zero-order valence-electron chi connectivity index (χ0n) is 13.5. The van der Waals surface area contributed by atoms with E-state index in [1.807, 2.05) is 29.5 Å². The van der Waals surface area contributed by atoms with E-state index in [0.717, 1.165) is 36.6 Å². The number of carbonyl (C=O) groups is 1. The lowest BCUT2D eigenvalue weighted by Crippen LogP contribution is -2.35. The molecule has 2 heterocycles. The van der Waals surface area contributed by atoms with Gasteiger partial charge in [0.15, 0.2) is 0 Å². The molecule has 1 saturated heterocycles. The molecule has 1 fully saturated rings.